The van der Waals surface area contributed by atoms with E-state index in [9.17, 15) is 4.79 Å². The van der Waals surface area contributed by atoms with Crippen molar-refractivity contribution >= 4 is 43.6 Å². The minimum Gasteiger partial charge on any atom is -0.305 e. The number of pyridine rings is 2. The van der Waals surface area contributed by atoms with E-state index in [0.29, 0.717) is 16.1 Å². The van der Waals surface area contributed by atoms with Crippen LogP contribution in [0.25, 0.3) is 0 Å². The third kappa shape index (κ3) is 3.34. The number of nitrogens with one attached hydrogen (secondary N) is 1. The van der Waals surface area contributed by atoms with Gasteiger partial charge in [-0.15, -0.1) is 0 Å². The van der Waals surface area contributed by atoms with Gasteiger partial charge in [-0.25, -0.2) is 9.97 Å². The van der Waals surface area contributed by atoms with Crippen molar-refractivity contribution in [3.8, 4) is 0 Å². The van der Waals surface area contributed by atoms with Crippen LogP contribution in [-0.4, -0.2) is 15.9 Å². The quantitative estimate of drug-likeness (QED) is 0.840. The molecule has 17 heavy (non-hydrogen) atoms. The monoisotopic (exact) mass is 355 g/mol. The molecule has 2 aromatic rings. The van der Waals surface area contributed by atoms with Crippen molar-refractivity contribution in [3.05, 3.63) is 51.3 Å². The van der Waals surface area contributed by atoms with Crippen molar-refractivity contribution in [1.29, 1.82) is 0 Å². The van der Waals surface area contributed by atoms with Gasteiger partial charge in [-0.1, -0.05) is 6.07 Å². The molecule has 1 amide bonds. The standard InChI is InChI=1S/C11H7Br2N3O/c12-7-4-5-10(14-6-7)16-11(17)8-2-1-3-9(13)15-8/h1-6H,(H,14,16,17). The van der Waals surface area contributed by atoms with Crippen molar-refractivity contribution in [1.82, 2.24) is 9.97 Å². The Bertz CT molecular complexity index is 543. The lowest BCUT2D eigenvalue weighted by Crippen LogP contribution is -2.14. The maximum atomic E-state index is 11.8. The van der Waals surface area contributed by atoms with Gasteiger partial charge in [0.15, 0.2) is 0 Å². The molecule has 4 nitrogen and oxygen atoms in total. The highest BCUT2D eigenvalue weighted by molar-refractivity contribution is 9.10. The number of carbonyl (C=O) groups excluding carboxylic acids is 1. The first-order valence-electron chi connectivity index (χ1n) is 4.70. The van der Waals surface area contributed by atoms with Gasteiger partial charge in [0.05, 0.1) is 0 Å². The lowest BCUT2D eigenvalue weighted by atomic mass is 10.3. The molecule has 1 N–H and O–H groups in total. The zero-order valence-electron chi connectivity index (χ0n) is 8.52. The summed E-state index contributed by atoms with van der Waals surface area (Å²) in [6.45, 7) is 0. The van der Waals surface area contributed by atoms with Crippen LogP contribution in [0.3, 0.4) is 0 Å². The molecule has 0 bridgehead atoms. The predicted octanol–water partition coefficient (Wildman–Crippen LogP) is 3.25. The van der Waals surface area contributed by atoms with Gasteiger partial charge in [-0.2, -0.15) is 0 Å². The molecule has 2 heterocycles. The summed E-state index contributed by atoms with van der Waals surface area (Å²) >= 11 is 6.48. The lowest BCUT2D eigenvalue weighted by Gasteiger charge is -2.03. The molecule has 0 aliphatic heterocycles. The van der Waals surface area contributed by atoms with Gasteiger partial charge in [-0.3, -0.25) is 4.79 Å². The topological polar surface area (TPSA) is 54.9 Å². The minimum atomic E-state index is -0.291. The van der Waals surface area contributed by atoms with Crippen LogP contribution in [0.15, 0.2) is 45.6 Å². The zero-order chi connectivity index (χ0) is 12.3. The van der Waals surface area contributed by atoms with Crippen LogP contribution >= 0.6 is 31.9 Å². The van der Waals surface area contributed by atoms with Crippen LogP contribution in [-0.2, 0) is 0 Å². The van der Waals surface area contributed by atoms with Crippen LogP contribution in [0.4, 0.5) is 5.82 Å². The summed E-state index contributed by atoms with van der Waals surface area (Å²) in [5.41, 5.74) is 0.337. The van der Waals surface area contributed by atoms with E-state index >= 15 is 0 Å². The SMILES string of the molecule is O=C(Nc1ccc(Br)cn1)c1cccc(Br)n1. The van der Waals surface area contributed by atoms with E-state index < -0.39 is 0 Å². The van der Waals surface area contributed by atoms with Crippen molar-refractivity contribution in [2.24, 2.45) is 0 Å². The smallest absolute Gasteiger partial charge is 0.275 e. The first kappa shape index (κ1) is 12.2. The summed E-state index contributed by atoms with van der Waals surface area (Å²) in [5.74, 6) is 0.195. The number of anilines is 1. The van der Waals surface area contributed by atoms with Crippen molar-refractivity contribution < 1.29 is 4.79 Å². The van der Waals surface area contributed by atoms with Crippen LogP contribution in [0.1, 0.15) is 10.5 Å². The molecular weight excluding hydrogens is 350 g/mol. The normalized spacial score (nSPS) is 10.0. The molecule has 0 radical (unpaired) electrons. The molecule has 0 saturated carbocycles. The van der Waals surface area contributed by atoms with Crippen LogP contribution in [0.2, 0.25) is 0 Å². The maximum absolute atomic E-state index is 11.8. The predicted molar refractivity (Wildman–Crippen MR) is 71.8 cm³/mol. The minimum absolute atomic E-state index is 0.291. The molecule has 2 rings (SSSR count). The Hall–Kier alpha value is -1.27. The molecule has 2 aromatic heterocycles. The highest BCUT2D eigenvalue weighted by Crippen LogP contribution is 2.12. The van der Waals surface area contributed by atoms with Gasteiger partial charge >= 0.3 is 0 Å². The van der Waals surface area contributed by atoms with E-state index in [2.05, 4.69) is 47.1 Å². The van der Waals surface area contributed by atoms with Crippen molar-refractivity contribution in [2.45, 2.75) is 0 Å². The molecule has 0 aliphatic carbocycles. The van der Waals surface area contributed by atoms with E-state index in [-0.39, 0.29) is 5.91 Å². The number of carbonyl (C=O) groups is 1. The zero-order valence-corrected chi connectivity index (χ0v) is 11.7. The highest BCUT2D eigenvalue weighted by Gasteiger charge is 2.08. The number of nitrogens with zero attached hydrogens (tertiary/aromatic N) is 2. The molecular formula is C11H7Br2N3O. The van der Waals surface area contributed by atoms with E-state index in [1.54, 1.807) is 36.5 Å². The Morgan fingerprint density at radius 1 is 1.18 bits per heavy atom. The summed E-state index contributed by atoms with van der Waals surface area (Å²) in [6, 6.07) is 8.66. The average molecular weight is 357 g/mol. The molecule has 0 saturated heterocycles. The van der Waals surface area contributed by atoms with E-state index in [4.69, 9.17) is 0 Å². The Morgan fingerprint density at radius 3 is 2.65 bits per heavy atom. The van der Waals surface area contributed by atoms with Crippen molar-refractivity contribution in [3.63, 3.8) is 0 Å². The average Bonchev–Trinajstić information content (AvgIpc) is 2.32. The fraction of sp³-hybridized carbons (Fsp3) is 0. The summed E-state index contributed by atoms with van der Waals surface area (Å²) in [7, 11) is 0. The van der Waals surface area contributed by atoms with Gasteiger partial charge in [0.25, 0.3) is 5.91 Å². The number of hydrogen-bond acceptors (Lipinski definition) is 3. The van der Waals surface area contributed by atoms with Crippen molar-refractivity contribution in [2.75, 3.05) is 5.32 Å². The maximum Gasteiger partial charge on any atom is 0.275 e. The summed E-state index contributed by atoms with van der Waals surface area (Å²) in [5, 5.41) is 2.66. The fourth-order valence-electron chi connectivity index (χ4n) is 1.16. The molecule has 0 aliphatic rings. The third-order valence-corrected chi connectivity index (χ3v) is 2.83. The second kappa shape index (κ2) is 5.37. The lowest BCUT2D eigenvalue weighted by molar-refractivity contribution is 0.102. The largest absolute Gasteiger partial charge is 0.305 e. The van der Waals surface area contributed by atoms with Gasteiger partial charge in [0.2, 0.25) is 0 Å². The first-order chi connectivity index (χ1) is 8.15. The number of hydrogen-bond donors (Lipinski definition) is 1. The van der Waals surface area contributed by atoms with Crippen LogP contribution in [0, 0.1) is 0 Å². The number of rotatable bonds is 2. The fourth-order valence-corrected chi connectivity index (χ4v) is 1.74. The second-order valence-corrected chi connectivity index (χ2v) is 4.89. The Balaban J connectivity index is 2.14. The third-order valence-electron chi connectivity index (χ3n) is 1.92. The number of amides is 1. The van der Waals surface area contributed by atoms with Crippen LogP contribution in [0.5, 0.6) is 0 Å². The summed E-state index contributed by atoms with van der Waals surface area (Å²) in [4.78, 5) is 19.9. The number of aromatic nitrogens is 2. The Kier molecular flexibility index (Phi) is 3.86. The van der Waals surface area contributed by atoms with Crippen LogP contribution < -0.4 is 5.32 Å². The van der Waals surface area contributed by atoms with E-state index in [1.165, 1.54) is 0 Å². The molecule has 6 heteroatoms. The van der Waals surface area contributed by atoms with E-state index in [1.807, 2.05) is 0 Å². The molecule has 0 unspecified atom stereocenters. The van der Waals surface area contributed by atoms with Gasteiger partial charge in [-0.05, 0) is 56.1 Å². The summed E-state index contributed by atoms with van der Waals surface area (Å²) < 4.78 is 1.48. The first-order valence-corrected chi connectivity index (χ1v) is 6.29. The molecule has 0 atom stereocenters. The van der Waals surface area contributed by atoms with Gasteiger partial charge in [0.1, 0.15) is 16.1 Å². The summed E-state index contributed by atoms with van der Waals surface area (Å²) in [6.07, 6.45) is 1.62. The van der Waals surface area contributed by atoms with E-state index in [0.717, 1.165) is 4.47 Å². The Labute approximate surface area is 115 Å². The van der Waals surface area contributed by atoms with Gasteiger partial charge < -0.3 is 5.32 Å². The second-order valence-electron chi connectivity index (χ2n) is 3.16. The molecule has 0 fully saturated rings. The molecule has 0 aromatic carbocycles. The Morgan fingerprint density at radius 2 is 2.00 bits per heavy atom. The number of halogens is 2. The van der Waals surface area contributed by atoms with Gasteiger partial charge in [0, 0.05) is 10.7 Å². The molecule has 86 valence electrons. The highest BCUT2D eigenvalue weighted by atomic mass is 79.9. The molecule has 0 spiro atoms.